The Balaban J connectivity index is 2.41. The van der Waals surface area contributed by atoms with Crippen LogP contribution in [0.25, 0.3) is 5.57 Å². The molecule has 82 valence electrons. The molecular formula is C13H15N3. The molecule has 3 heteroatoms. The third-order valence-corrected chi connectivity index (χ3v) is 2.48. The van der Waals surface area contributed by atoms with Crippen molar-refractivity contribution < 1.29 is 0 Å². The Bertz CT molecular complexity index is 518. The zero-order valence-electron chi connectivity index (χ0n) is 9.86. The molecular weight excluding hydrogens is 198 g/mol. The minimum atomic E-state index is 0.988. The first-order valence-corrected chi connectivity index (χ1v) is 5.20. The lowest BCUT2D eigenvalue weighted by atomic mass is 10.0. The van der Waals surface area contributed by atoms with Crippen LogP contribution in [0.1, 0.15) is 22.5 Å². The van der Waals surface area contributed by atoms with Crippen molar-refractivity contribution in [3.63, 3.8) is 0 Å². The monoisotopic (exact) mass is 213 g/mol. The second kappa shape index (κ2) is 3.93. The Morgan fingerprint density at radius 2 is 1.81 bits per heavy atom. The topological polar surface area (TPSA) is 30.7 Å². The van der Waals surface area contributed by atoms with Gasteiger partial charge in [0.1, 0.15) is 0 Å². The summed E-state index contributed by atoms with van der Waals surface area (Å²) in [5.74, 6) is 0. The lowest BCUT2D eigenvalue weighted by Crippen LogP contribution is -1.91. The van der Waals surface area contributed by atoms with E-state index >= 15 is 0 Å². The van der Waals surface area contributed by atoms with Gasteiger partial charge in [-0.3, -0.25) is 9.67 Å². The fraction of sp³-hybridized carbons (Fsp3) is 0.231. The largest absolute Gasteiger partial charge is 0.275 e. The van der Waals surface area contributed by atoms with Crippen LogP contribution < -0.4 is 0 Å². The number of hydrogen-bond acceptors (Lipinski definition) is 2. The maximum Gasteiger partial charge on any atom is 0.0568 e. The minimum absolute atomic E-state index is 0.988. The van der Waals surface area contributed by atoms with E-state index in [4.69, 9.17) is 0 Å². The summed E-state index contributed by atoms with van der Waals surface area (Å²) in [7, 11) is 1.90. The van der Waals surface area contributed by atoms with Crippen LogP contribution in [0.15, 0.2) is 31.1 Å². The van der Waals surface area contributed by atoms with Gasteiger partial charge in [-0.1, -0.05) is 6.58 Å². The van der Waals surface area contributed by atoms with Gasteiger partial charge in [-0.05, 0) is 37.1 Å². The van der Waals surface area contributed by atoms with E-state index in [-0.39, 0.29) is 0 Å². The normalized spacial score (nSPS) is 10.4. The average molecular weight is 213 g/mol. The van der Waals surface area contributed by atoms with Crippen LogP contribution in [0.3, 0.4) is 0 Å². The molecule has 0 N–H and O–H groups in total. The van der Waals surface area contributed by atoms with Crippen LogP contribution in [-0.4, -0.2) is 14.8 Å². The van der Waals surface area contributed by atoms with Crippen LogP contribution in [-0.2, 0) is 7.05 Å². The molecule has 0 unspecified atom stereocenters. The minimum Gasteiger partial charge on any atom is -0.275 e. The summed E-state index contributed by atoms with van der Waals surface area (Å²) in [6.45, 7) is 8.10. The number of hydrogen-bond donors (Lipinski definition) is 0. The van der Waals surface area contributed by atoms with Crippen molar-refractivity contribution in [3.8, 4) is 0 Å². The summed E-state index contributed by atoms with van der Waals surface area (Å²) in [6.07, 6.45) is 3.79. The van der Waals surface area contributed by atoms with E-state index in [1.54, 1.807) is 4.68 Å². The van der Waals surface area contributed by atoms with Crippen LogP contribution >= 0.6 is 0 Å². The highest BCUT2D eigenvalue weighted by Gasteiger charge is 2.05. The molecule has 2 aromatic rings. The molecule has 0 atom stereocenters. The van der Waals surface area contributed by atoms with Gasteiger partial charge in [-0.2, -0.15) is 5.10 Å². The zero-order chi connectivity index (χ0) is 11.7. The van der Waals surface area contributed by atoms with Crippen LogP contribution in [0.4, 0.5) is 0 Å². The maximum absolute atomic E-state index is 4.35. The van der Waals surface area contributed by atoms with E-state index in [2.05, 4.69) is 16.7 Å². The summed E-state index contributed by atoms with van der Waals surface area (Å²) < 4.78 is 1.78. The average Bonchev–Trinajstić information content (AvgIpc) is 2.62. The summed E-state index contributed by atoms with van der Waals surface area (Å²) >= 11 is 0. The summed E-state index contributed by atoms with van der Waals surface area (Å²) in [6, 6.07) is 4.09. The van der Waals surface area contributed by atoms with E-state index in [1.807, 2.05) is 45.4 Å². The Morgan fingerprint density at radius 3 is 2.31 bits per heavy atom. The molecule has 2 heterocycles. The lowest BCUT2D eigenvalue weighted by Gasteiger charge is -2.05. The van der Waals surface area contributed by atoms with Gasteiger partial charge in [-0.25, -0.2) is 0 Å². The predicted octanol–water partition coefficient (Wildman–Crippen LogP) is 2.49. The van der Waals surface area contributed by atoms with Crippen LogP contribution in [0, 0.1) is 13.8 Å². The van der Waals surface area contributed by atoms with E-state index in [1.165, 1.54) is 0 Å². The van der Waals surface area contributed by atoms with Gasteiger partial charge in [0.15, 0.2) is 0 Å². The van der Waals surface area contributed by atoms with Crippen molar-refractivity contribution in [2.24, 2.45) is 7.05 Å². The molecule has 3 nitrogen and oxygen atoms in total. The van der Waals surface area contributed by atoms with Crippen molar-refractivity contribution in [1.82, 2.24) is 14.8 Å². The van der Waals surface area contributed by atoms with E-state index in [0.29, 0.717) is 0 Å². The molecule has 0 fully saturated rings. The van der Waals surface area contributed by atoms with Crippen molar-refractivity contribution in [2.75, 3.05) is 0 Å². The first-order valence-electron chi connectivity index (χ1n) is 5.20. The molecule has 0 aliphatic carbocycles. The maximum atomic E-state index is 4.35. The summed E-state index contributed by atoms with van der Waals surface area (Å²) in [5, 5.41) is 4.15. The Kier molecular flexibility index (Phi) is 2.60. The van der Waals surface area contributed by atoms with Gasteiger partial charge in [0.05, 0.1) is 6.20 Å². The molecule has 0 spiro atoms. The van der Waals surface area contributed by atoms with E-state index in [9.17, 15) is 0 Å². The summed E-state index contributed by atoms with van der Waals surface area (Å²) in [5.41, 5.74) is 5.17. The molecule has 0 amide bonds. The first kappa shape index (κ1) is 10.6. The Labute approximate surface area is 95.5 Å². The molecule has 0 aromatic carbocycles. The zero-order valence-corrected chi connectivity index (χ0v) is 9.86. The molecule has 16 heavy (non-hydrogen) atoms. The number of aromatic nitrogens is 3. The smallest absolute Gasteiger partial charge is 0.0568 e. The first-order chi connectivity index (χ1) is 7.56. The third-order valence-electron chi connectivity index (χ3n) is 2.48. The fourth-order valence-electron chi connectivity index (χ4n) is 1.75. The van der Waals surface area contributed by atoms with Gasteiger partial charge in [-0.15, -0.1) is 0 Å². The predicted molar refractivity (Wildman–Crippen MR) is 65.1 cm³/mol. The van der Waals surface area contributed by atoms with Gasteiger partial charge >= 0.3 is 0 Å². The number of pyridine rings is 1. The number of aryl methyl sites for hydroxylation is 3. The number of rotatable bonds is 2. The Morgan fingerprint density at radius 1 is 1.19 bits per heavy atom. The van der Waals surface area contributed by atoms with Crippen molar-refractivity contribution in [1.29, 1.82) is 0 Å². The quantitative estimate of drug-likeness (QED) is 0.767. The standard InChI is InChI=1S/C13H15N3/c1-9-5-12(6-10(2)15-9)11(3)13-7-14-16(4)8-13/h5-8H,3H2,1-2,4H3. The van der Waals surface area contributed by atoms with Gasteiger partial charge < -0.3 is 0 Å². The van der Waals surface area contributed by atoms with Crippen molar-refractivity contribution >= 4 is 5.57 Å². The Hall–Kier alpha value is -1.90. The molecule has 2 rings (SSSR count). The molecule has 0 aliphatic rings. The third kappa shape index (κ3) is 2.03. The molecule has 0 radical (unpaired) electrons. The fourth-order valence-corrected chi connectivity index (χ4v) is 1.75. The lowest BCUT2D eigenvalue weighted by molar-refractivity contribution is 0.767. The second-order valence-electron chi connectivity index (χ2n) is 4.02. The molecule has 0 aliphatic heterocycles. The second-order valence-corrected chi connectivity index (χ2v) is 4.02. The molecule has 0 saturated heterocycles. The van der Waals surface area contributed by atoms with Crippen LogP contribution in [0.2, 0.25) is 0 Å². The highest BCUT2D eigenvalue weighted by Crippen LogP contribution is 2.21. The molecule has 0 saturated carbocycles. The number of nitrogens with zero attached hydrogens (tertiary/aromatic N) is 3. The van der Waals surface area contributed by atoms with Crippen molar-refractivity contribution in [2.45, 2.75) is 13.8 Å². The van der Waals surface area contributed by atoms with Gasteiger partial charge in [0.25, 0.3) is 0 Å². The highest BCUT2D eigenvalue weighted by atomic mass is 15.2. The molecule has 0 bridgehead atoms. The highest BCUT2D eigenvalue weighted by molar-refractivity contribution is 5.77. The van der Waals surface area contributed by atoms with Gasteiger partial charge in [0, 0.05) is 30.2 Å². The SMILES string of the molecule is C=C(c1cc(C)nc(C)c1)c1cnn(C)c1. The van der Waals surface area contributed by atoms with E-state index < -0.39 is 0 Å². The van der Waals surface area contributed by atoms with E-state index in [0.717, 1.165) is 28.1 Å². The molecule has 2 aromatic heterocycles. The van der Waals surface area contributed by atoms with Crippen LogP contribution in [0.5, 0.6) is 0 Å². The van der Waals surface area contributed by atoms with Crippen molar-refractivity contribution in [3.05, 3.63) is 53.6 Å². The summed E-state index contributed by atoms with van der Waals surface area (Å²) in [4.78, 5) is 4.35. The van der Waals surface area contributed by atoms with Gasteiger partial charge in [0.2, 0.25) is 0 Å².